The van der Waals surface area contributed by atoms with Crippen molar-refractivity contribution in [2.75, 3.05) is 24.5 Å². The van der Waals surface area contributed by atoms with Gasteiger partial charge in [0.05, 0.1) is 17.5 Å². The van der Waals surface area contributed by atoms with Crippen LogP contribution in [0.2, 0.25) is 0 Å². The van der Waals surface area contributed by atoms with Gasteiger partial charge >= 0.3 is 0 Å². The Balaban J connectivity index is 1.19. The summed E-state index contributed by atoms with van der Waals surface area (Å²) in [7, 11) is 0. The summed E-state index contributed by atoms with van der Waals surface area (Å²) >= 11 is 0. The molecule has 5 heterocycles. The molecular formula is C21H23N7O. The van der Waals surface area contributed by atoms with Crippen LogP contribution in [0.25, 0.3) is 11.0 Å². The Morgan fingerprint density at radius 2 is 2.21 bits per heavy atom. The summed E-state index contributed by atoms with van der Waals surface area (Å²) in [5.41, 5.74) is 3.22. The van der Waals surface area contributed by atoms with Crippen molar-refractivity contribution in [3.8, 4) is 0 Å². The minimum Gasteiger partial charge on any atom is -0.356 e. The lowest BCUT2D eigenvalue weighted by atomic mass is 9.73. The smallest absolute Gasteiger partial charge is 0.225 e. The monoisotopic (exact) mass is 389 g/mol. The molecule has 3 aromatic rings. The highest BCUT2D eigenvalue weighted by atomic mass is 16.2. The third-order valence-electron chi connectivity index (χ3n) is 6.79. The number of anilines is 2. The lowest BCUT2D eigenvalue weighted by Crippen LogP contribution is -2.47. The van der Waals surface area contributed by atoms with E-state index in [2.05, 4.69) is 60.0 Å². The fraction of sp³-hybridized carbons (Fsp3) is 0.429. The molecule has 0 radical (unpaired) electrons. The van der Waals surface area contributed by atoms with Crippen molar-refractivity contribution in [2.45, 2.75) is 24.8 Å². The maximum Gasteiger partial charge on any atom is 0.225 e. The Morgan fingerprint density at radius 3 is 3.07 bits per heavy atom. The predicted molar refractivity (Wildman–Crippen MR) is 109 cm³/mol. The molecule has 1 unspecified atom stereocenters. The van der Waals surface area contributed by atoms with Gasteiger partial charge in [-0.1, -0.05) is 18.2 Å². The molecule has 148 valence electrons. The highest BCUT2D eigenvalue weighted by Gasteiger charge is 2.50. The van der Waals surface area contributed by atoms with Gasteiger partial charge in [-0.25, -0.2) is 9.97 Å². The Bertz CT molecular complexity index is 1070. The Kier molecular flexibility index (Phi) is 3.80. The number of fused-ring (bicyclic) bond motifs is 3. The summed E-state index contributed by atoms with van der Waals surface area (Å²) in [6.45, 7) is 2.53. The summed E-state index contributed by atoms with van der Waals surface area (Å²) in [6.07, 6.45) is 5.42. The van der Waals surface area contributed by atoms with Crippen LogP contribution in [0.5, 0.6) is 0 Å². The van der Waals surface area contributed by atoms with Gasteiger partial charge in [0.2, 0.25) is 5.91 Å². The molecular weight excluding hydrogens is 366 g/mol. The van der Waals surface area contributed by atoms with E-state index in [4.69, 9.17) is 0 Å². The molecule has 29 heavy (non-hydrogen) atoms. The molecule has 0 spiro atoms. The topological polar surface area (TPSA) is 98.8 Å². The zero-order valence-electron chi connectivity index (χ0n) is 16.0. The summed E-state index contributed by atoms with van der Waals surface area (Å²) in [5, 5.41) is 14.6. The van der Waals surface area contributed by atoms with Crippen LogP contribution < -0.4 is 15.5 Å². The summed E-state index contributed by atoms with van der Waals surface area (Å²) < 4.78 is 0. The van der Waals surface area contributed by atoms with Crippen LogP contribution in [-0.2, 0) is 4.79 Å². The minimum absolute atomic E-state index is 0.178. The van der Waals surface area contributed by atoms with E-state index in [1.165, 1.54) is 11.3 Å². The first-order valence-electron chi connectivity index (χ1n) is 10.3. The van der Waals surface area contributed by atoms with E-state index in [1.807, 2.05) is 0 Å². The van der Waals surface area contributed by atoms with Gasteiger partial charge < -0.3 is 15.5 Å². The Morgan fingerprint density at radius 1 is 1.28 bits per heavy atom. The molecule has 2 bridgehead atoms. The average molecular weight is 389 g/mol. The molecule has 1 amide bonds. The number of para-hydroxylation sites is 1. The van der Waals surface area contributed by atoms with Crippen LogP contribution in [0.4, 0.5) is 11.5 Å². The van der Waals surface area contributed by atoms with E-state index < -0.39 is 0 Å². The second-order valence-electron chi connectivity index (χ2n) is 8.31. The number of amides is 1. The van der Waals surface area contributed by atoms with E-state index in [1.54, 1.807) is 12.5 Å². The number of hydrogen-bond donors (Lipinski definition) is 3. The molecule has 2 saturated heterocycles. The Hall–Kier alpha value is -3.00. The van der Waals surface area contributed by atoms with E-state index in [0.717, 1.165) is 42.8 Å². The number of hydrogen-bond acceptors (Lipinski definition) is 6. The molecule has 4 atom stereocenters. The highest BCUT2D eigenvalue weighted by Crippen LogP contribution is 2.43. The third-order valence-corrected chi connectivity index (χ3v) is 6.79. The third kappa shape index (κ3) is 2.62. The van der Waals surface area contributed by atoms with Crippen molar-refractivity contribution in [3.63, 3.8) is 0 Å². The Labute approximate surface area is 168 Å². The first-order valence-corrected chi connectivity index (χ1v) is 10.3. The van der Waals surface area contributed by atoms with Crippen molar-refractivity contribution < 1.29 is 4.79 Å². The number of aromatic amines is 1. The van der Waals surface area contributed by atoms with Gasteiger partial charge in [-0.05, 0) is 36.9 Å². The number of rotatable bonds is 5. The van der Waals surface area contributed by atoms with Crippen molar-refractivity contribution in [1.29, 1.82) is 0 Å². The molecule has 7 rings (SSSR count). The van der Waals surface area contributed by atoms with Crippen LogP contribution in [-0.4, -0.2) is 51.7 Å². The number of benzene rings is 1. The van der Waals surface area contributed by atoms with Gasteiger partial charge in [0.25, 0.3) is 0 Å². The van der Waals surface area contributed by atoms with Gasteiger partial charge in [0.15, 0.2) is 5.65 Å². The number of nitrogens with zero attached hydrogens (tertiary/aromatic N) is 4. The minimum atomic E-state index is 0.178. The van der Waals surface area contributed by atoms with E-state index in [-0.39, 0.29) is 11.8 Å². The average Bonchev–Trinajstić information content (AvgIpc) is 3.50. The molecule has 8 heteroatoms. The fourth-order valence-corrected chi connectivity index (χ4v) is 5.27. The number of H-pyrrole nitrogens is 1. The van der Waals surface area contributed by atoms with Gasteiger partial charge in [0, 0.05) is 30.7 Å². The van der Waals surface area contributed by atoms with Gasteiger partial charge in [0.1, 0.15) is 12.1 Å². The van der Waals surface area contributed by atoms with Crippen LogP contribution in [0, 0.1) is 11.8 Å². The van der Waals surface area contributed by atoms with Gasteiger partial charge in [-0.15, -0.1) is 0 Å². The molecule has 3 aliphatic heterocycles. The second-order valence-corrected chi connectivity index (χ2v) is 8.31. The lowest BCUT2D eigenvalue weighted by Gasteiger charge is -2.33. The van der Waals surface area contributed by atoms with Crippen molar-refractivity contribution in [3.05, 3.63) is 42.4 Å². The number of carbonyl (C=O) groups excluding carboxylic acids is 1. The van der Waals surface area contributed by atoms with Crippen LogP contribution in [0.3, 0.4) is 0 Å². The zero-order chi connectivity index (χ0) is 19.4. The molecule has 3 fully saturated rings. The molecule has 3 N–H and O–H groups in total. The van der Waals surface area contributed by atoms with E-state index >= 15 is 0 Å². The first-order chi connectivity index (χ1) is 14.3. The number of carbonyl (C=O) groups is 1. The summed E-state index contributed by atoms with van der Waals surface area (Å²) in [6, 6.07) is 8.87. The molecule has 2 aromatic heterocycles. The second kappa shape index (κ2) is 6.52. The lowest BCUT2D eigenvalue weighted by molar-refractivity contribution is -0.129. The molecule has 1 aliphatic carbocycles. The standard InChI is InChI=1S/C21H23N7O/c29-21(18-13-7-16(18)23-8-13)22-6-5-12-10-28(17-4-2-1-3-14(12)17)20-15-9-26-27-19(15)24-11-25-20/h1-4,9,11-13,16,18,23H,5-8,10H2,(H,22,29)(H,24,25,26,27)/t12?,13-,16-,18+/m0/s1. The molecule has 1 aromatic carbocycles. The molecule has 1 saturated carbocycles. The van der Waals surface area contributed by atoms with Crippen LogP contribution >= 0.6 is 0 Å². The SMILES string of the molecule is O=C(NCCC1CN(c2ncnc3[nH]ncc23)c2ccccc21)[C@@H]1[C@@H]2CN[C@H]1C2. The quantitative estimate of drug-likeness (QED) is 0.614. The van der Waals surface area contributed by atoms with Crippen molar-refractivity contribution in [2.24, 2.45) is 11.8 Å². The van der Waals surface area contributed by atoms with E-state index in [0.29, 0.717) is 24.4 Å². The fourth-order valence-electron chi connectivity index (χ4n) is 5.27. The molecule has 4 aliphatic rings. The zero-order valence-corrected chi connectivity index (χ0v) is 16.0. The van der Waals surface area contributed by atoms with Crippen LogP contribution in [0.15, 0.2) is 36.8 Å². The van der Waals surface area contributed by atoms with Crippen LogP contribution in [0.1, 0.15) is 24.3 Å². The largest absolute Gasteiger partial charge is 0.356 e. The maximum absolute atomic E-state index is 12.5. The van der Waals surface area contributed by atoms with Gasteiger partial charge in [-0.3, -0.25) is 9.89 Å². The van der Waals surface area contributed by atoms with Crippen molar-refractivity contribution >= 4 is 28.4 Å². The number of nitrogens with one attached hydrogen (secondary N) is 3. The predicted octanol–water partition coefficient (Wildman–Crippen LogP) is 1.70. The van der Waals surface area contributed by atoms with Gasteiger partial charge in [-0.2, -0.15) is 5.10 Å². The number of aromatic nitrogens is 4. The maximum atomic E-state index is 12.5. The van der Waals surface area contributed by atoms with Crippen molar-refractivity contribution in [1.82, 2.24) is 30.8 Å². The molecule has 8 nitrogen and oxygen atoms in total. The summed E-state index contributed by atoms with van der Waals surface area (Å²) in [4.78, 5) is 23.6. The first kappa shape index (κ1) is 16.9. The van der Waals surface area contributed by atoms with E-state index in [9.17, 15) is 4.79 Å². The normalized spacial score (nSPS) is 27.1. The summed E-state index contributed by atoms with van der Waals surface area (Å²) in [5.74, 6) is 2.16. The highest BCUT2D eigenvalue weighted by molar-refractivity contribution is 5.90.